The molecule has 0 unspecified atom stereocenters. The number of carbonyl (C=O) groups excluding carboxylic acids is 2. The van der Waals surface area contributed by atoms with Crippen molar-refractivity contribution >= 4 is 23.5 Å². The van der Waals surface area contributed by atoms with E-state index in [-0.39, 0.29) is 18.5 Å². The lowest BCUT2D eigenvalue weighted by molar-refractivity contribution is -0.119. The second kappa shape index (κ2) is 7.72. The van der Waals surface area contributed by atoms with E-state index in [2.05, 4.69) is 10.3 Å². The Morgan fingerprint density at radius 2 is 1.96 bits per heavy atom. The molecule has 0 aliphatic carbocycles. The summed E-state index contributed by atoms with van der Waals surface area (Å²) in [6, 6.07) is 14.9. The molecule has 0 fully saturated rings. The predicted octanol–water partition coefficient (Wildman–Crippen LogP) is 2.40. The maximum atomic E-state index is 13.0. The van der Waals surface area contributed by atoms with Gasteiger partial charge in [-0.15, -0.1) is 0 Å². The van der Waals surface area contributed by atoms with Crippen LogP contribution in [0.1, 0.15) is 17.5 Å². The van der Waals surface area contributed by atoms with Crippen molar-refractivity contribution in [3.63, 3.8) is 0 Å². The highest BCUT2D eigenvalue weighted by molar-refractivity contribution is 6.20. The van der Waals surface area contributed by atoms with Crippen LogP contribution >= 0.6 is 0 Å². The van der Waals surface area contributed by atoms with Crippen molar-refractivity contribution in [2.45, 2.75) is 13.0 Å². The van der Waals surface area contributed by atoms with Crippen molar-refractivity contribution in [1.82, 2.24) is 10.2 Å². The van der Waals surface area contributed by atoms with Gasteiger partial charge in [0, 0.05) is 25.2 Å². The van der Waals surface area contributed by atoms with Gasteiger partial charge in [-0.05, 0) is 36.2 Å². The van der Waals surface area contributed by atoms with E-state index < -0.39 is 0 Å². The molecular weight excluding hydrogens is 356 g/mol. The summed E-state index contributed by atoms with van der Waals surface area (Å²) in [6.07, 6.45) is 0.828. The number of carbonyl (C=O) groups is 2. The van der Waals surface area contributed by atoms with Crippen LogP contribution in [-0.2, 0) is 11.3 Å². The minimum atomic E-state index is -0.212. The third kappa shape index (κ3) is 3.43. The van der Waals surface area contributed by atoms with Gasteiger partial charge in [-0.2, -0.15) is 0 Å². The number of nitrogens with one attached hydrogen (secondary N) is 1. The fourth-order valence-electron chi connectivity index (χ4n) is 3.47. The molecule has 3 amide bonds. The molecule has 0 atom stereocenters. The summed E-state index contributed by atoms with van der Waals surface area (Å²) >= 11 is 0. The Labute approximate surface area is 163 Å². The van der Waals surface area contributed by atoms with E-state index in [1.165, 1.54) is 4.90 Å². The molecule has 2 aromatic rings. The normalized spacial score (nSPS) is 15.5. The molecule has 28 heavy (non-hydrogen) atoms. The zero-order valence-electron chi connectivity index (χ0n) is 15.7. The number of nitrogens with zero attached hydrogens (tertiary/aromatic N) is 3. The van der Waals surface area contributed by atoms with Gasteiger partial charge in [-0.25, -0.2) is 4.79 Å². The number of urea groups is 1. The van der Waals surface area contributed by atoms with Gasteiger partial charge < -0.3 is 10.1 Å². The molecule has 4 rings (SSSR count). The number of fused-ring (bicyclic) bond motifs is 3. The molecule has 0 saturated heterocycles. The number of amidine groups is 1. The maximum Gasteiger partial charge on any atom is 0.330 e. The first-order valence-corrected chi connectivity index (χ1v) is 9.30. The van der Waals surface area contributed by atoms with Crippen LogP contribution in [0.2, 0.25) is 0 Å². The molecule has 0 aromatic heterocycles. The second-order valence-corrected chi connectivity index (χ2v) is 6.72. The lowest BCUT2D eigenvalue weighted by Crippen LogP contribution is -2.55. The zero-order chi connectivity index (χ0) is 19.5. The van der Waals surface area contributed by atoms with Crippen LogP contribution in [0.15, 0.2) is 53.5 Å². The van der Waals surface area contributed by atoms with Gasteiger partial charge in [0.2, 0.25) is 5.91 Å². The average molecular weight is 378 g/mol. The van der Waals surface area contributed by atoms with Gasteiger partial charge in [0.1, 0.15) is 18.1 Å². The predicted molar refractivity (Wildman–Crippen MR) is 107 cm³/mol. The molecule has 7 heteroatoms. The molecule has 0 saturated carbocycles. The first-order chi connectivity index (χ1) is 13.7. The maximum absolute atomic E-state index is 13.0. The number of aliphatic imine (C=N–C) groups is 1. The van der Waals surface area contributed by atoms with E-state index in [4.69, 9.17) is 4.74 Å². The molecule has 144 valence electrons. The quantitative estimate of drug-likeness (QED) is 0.868. The minimum Gasteiger partial charge on any atom is -0.497 e. The molecule has 7 nitrogen and oxygen atoms in total. The Hall–Kier alpha value is -3.35. The minimum absolute atomic E-state index is 0.0320. The number of methoxy groups -OCH3 is 1. The SMILES string of the molecule is COc1ccc(CNC(=O)CN2C(=O)N3CCCN=C3c3ccccc32)cc1. The van der Waals surface area contributed by atoms with Crippen LogP contribution in [0.4, 0.5) is 10.5 Å². The number of ether oxygens (including phenoxy) is 1. The summed E-state index contributed by atoms with van der Waals surface area (Å²) in [5.41, 5.74) is 2.58. The number of benzene rings is 2. The van der Waals surface area contributed by atoms with Crippen LogP contribution < -0.4 is 15.0 Å². The van der Waals surface area contributed by atoms with Gasteiger partial charge >= 0.3 is 6.03 Å². The first kappa shape index (κ1) is 18.0. The number of rotatable bonds is 5. The number of hydrogen-bond acceptors (Lipinski definition) is 4. The van der Waals surface area contributed by atoms with Gasteiger partial charge in [0.05, 0.1) is 12.8 Å². The standard InChI is InChI=1S/C21H22N4O3/c1-28-16-9-7-15(8-10-16)13-23-19(26)14-25-18-6-3-2-5-17(18)20-22-11-4-12-24(20)21(25)27/h2-3,5-10H,4,11-14H2,1H3,(H,23,26). The number of hydrogen-bond donors (Lipinski definition) is 1. The second-order valence-electron chi connectivity index (χ2n) is 6.72. The topological polar surface area (TPSA) is 74.2 Å². The fraction of sp³-hybridized carbons (Fsp3) is 0.286. The molecular formula is C21H22N4O3. The molecule has 0 bridgehead atoms. The van der Waals surface area contributed by atoms with Crippen molar-refractivity contribution in [3.05, 3.63) is 59.7 Å². The highest BCUT2D eigenvalue weighted by atomic mass is 16.5. The Kier molecular flexibility index (Phi) is 4.97. The van der Waals surface area contributed by atoms with E-state index in [9.17, 15) is 9.59 Å². The van der Waals surface area contributed by atoms with Gasteiger partial charge in [-0.3, -0.25) is 19.6 Å². The summed E-state index contributed by atoms with van der Waals surface area (Å²) in [5, 5.41) is 2.88. The summed E-state index contributed by atoms with van der Waals surface area (Å²) in [7, 11) is 1.61. The van der Waals surface area contributed by atoms with Crippen molar-refractivity contribution in [2.75, 3.05) is 31.6 Å². The molecule has 2 aromatic carbocycles. The Morgan fingerprint density at radius 3 is 2.75 bits per heavy atom. The van der Waals surface area contributed by atoms with Crippen LogP contribution in [-0.4, -0.2) is 49.4 Å². The van der Waals surface area contributed by atoms with Gasteiger partial charge in [0.25, 0.3) is 0 Å². The van der Waals surface area contributed by atoms with Crippen molar-refractivity contribution < 1.29 is 14.3 Å². The van der Waals surface area contributed by atoms with E-state index in [1.807, 2.05) is 48.5 Å². The number of amides is 3. The van der Waals surface area contributed by atoms with Crippen molar-refractivity contribution in [3.8, 4) is 5.75 Å². The van der Waals surface area contributed by atoms with Crippen molar-refractivity contribution in [2.24, 2.45) is 4.99 Å². The summed E-state index contributed by atoms with van der Waals surface area (Å²) in [6.45, 7) is 1.70. The Bertz CT molecular complexity index is 924. The molecule has 0 spiro atoms. The molecule has 1 N–H and O–H groups in total. The van der Waals surface area contributed by atoms with Gasteiger partial charge in [0.15, 0.2) is 0 Å². The van der Waals surface area contributed by atoms with Crippen LogP contribution in [0.5, 0.6) is 5.75 Å². The van der Waals surface area contributed by atoms with E-state index in [0.717, 1.165) is 35.5 Å². The van der Waals surface area contributed by atoms with Gasteiger partial charge in [-0.1, -0.05) is 24.3 Å². The highest BCUT2D eigenvalue weighted by Crippen LogP contribution is 2.30. The third-order valence-electron chi connectivity index (χ3n) is 4.91. The monoisotopic (exact) mass is 378 g/mol. The lowest BCUT2D eigenvalue weighted by atomic mass is 10.1. The largest absolute Gasteiger partial charge is 0.497 e. The lowest BCUT2D eigenvalue weighted by Gasteiger charge is -2.39. The summed E-state index contributed by atoms with van der Waals surface area (Å²) in [5.74, 6) is 1.27. The van der Waals surface area contributed by atoms with Crippen molar-refractivity contribution in [1.29, 1.82) is 0 Å². The average Bonchev–Trinajstić information content (AvgIpc) is 2.75. The highest BCUT2D eigenvalue weighted by Gasteiger charge is 2.36. The Balaban J connectivity index is 1.48. The van der Waals surface area contributed by atoms with E-state index >= 15 is 0 Å². The number of anilines is 1. The smallest absolute Gasteiger partial charge is 0.330 e. The van der Waals surface area contributed by atoms with Crippen LogP contribution in [0.25, 0.3) is 0 Å². The van der Waals surface area contributed by atoms with E-state index in [1.54, 1.807) is 12.0 Å². The zero-order valence-corrected chi connectivity index (χ0v) is 15.7. The summed E-state index contributed by atoms with van der Waals surface area (Å²) < 4.78 is 5.14. The molecule has 2 aliphatic rings. The van der Waals surface area contributed by atoms with Crippen LogP contribution in [0.3, 0.4) is 0 Å². The third-order valence-corrected chi connectivity index (χ3v) is 4.91. The number of para-hydroxylation sites is 1. The van der Waals surface area contributed by atoms with Crippen LogP contribution in [0, 0.1) is 0 Å². The first-order valence-electron chi connectivity index (χ1n) is 9.30. The Morgan fingerprint density at radius 1 is 1.18 bits per heavy atom. The molecule has 0 radical (unpaired) electrons. The molecule has 2 aliphatic heterocycles. The molecule has 2 heterocycles. The fourth-order valence-corrected chi connectivity index (χ4v) is 3.47. The summed E-state index contributed by atoms with van der Waals surface area (Å²) in [4.78, 5) is 33.3. The van der Waals surface area contributed by atoms with E-state index in [0.29, 0.717) is 18.9 Å².